The van der Waals surface area contributed by atoms with E-state index in [4.69, 9.17) is 12.2 Å². The average Bonchev–Trinajstić information content (AvgIpc) is 2.72. The van der Waals surface area contributed by atoms with E-state index in [2.05, 4.69) is 22.5 Å². The fraction of sp³-hybridized carbons (Fsp3) is 0.375. The molecule has 0 aromatic heterocycles. The number of nitrogens with zero attached hydrogens (tertiary/aromatic N) is 1. The van der Waals surface area contributed by atoms with Crippen LogP contribution < -0.4 is 10.6 Å². The van der Waals surface area contributed by atoms with Gasteiger partial charge >= 0.3 is 0 Å². The first-order valence-electron chi connectivity index (χ1n) is 10.3. The number of benzene rings is 2. The smallest absolute Gasteiger partial charge is 0.257 e. The van der Waals surface area contributed by atoms with Crippen molar-refractivity contribution in [2.45, 2.75) is 39.0 Å². The Morgan fingerprint density at radius 2 is 1.55 bits per heavy atom. The third-order valence-electron chi connectivity index (χ3n) is 4.78. The molecule has 0 aliphatic rings. The molecule has 7 heteroatoms. The number of carbonyl (C=O) groups excluding carboxylic acids is 2. The highest BCUT2D eigenvalue weighted by Crippen LogP contribution is 2.12. The lowest BCUT2D eigenvalue weighted by atomic mass is 10.0. The summed E-state index contributed by atoms with van der Waals surface area (Å²) >= 11 is 5.24. The maximum absolute atomic E-state index is 12.3. The van der Waals surface area contributed by atoms with E-state index < -0.39 is 0 Å². The monoisotopic (exact) mass is 461 g/mol. The van der Waals surface area contributed by atoms with Gasteiger partial charge in [-0.1, -0.05) is 31.2 Å². The van der Waals surface area contributed by atoms with Gasteiger partial charge < -0.3 is 10.2 Å². The van der Waals surface area contributed by atoms with Gasteiger partial charge in [0.05, 0.1) is 0 Å². The van der Waals surface area contributed by atoms with Crippen molar-refractivity contribution in [1.29, 1.82) is 0 Å². The highest BCUT2D eigenvalue weighted by atomic mass is 35.5. The molecule has 0 radical (unpaired) electrons. The Kier molecular flexibility index (Phi) is 12.0. The summed E-state index contributed by atoms with van der Waals surface area (Å²) < 4.78 is 0. The van der Waals surface area contributed by atoms with E-state index >= 15 is 0 Å². The number of rotatable bonds is 10. The number of anilines is 1. The van der Waals surface area contributed by atoms with E-state index in [0.717, 1.165) is 37.1 Å². The molecule has 5 nitrogen and oxygen atoms in total. The lowest BCUT2D eigenvalue weighted by Gasteiger charge is -2.11. The van der Waals surface area contributed by atoms with E-state index in [0.29, 0.717) is 18.4 Å². The quantitative estimate of drug-likeness (QED) is 0.398. The summed E-state index contributed by atoms with van der Waals surface area (Å²) in [6, 6.07) is 15.0. The molecule has 0 heterocycles. The third kappa shape index (κ3) is 10.0. The lowest BCUT2D eigenvalue weighted by Crippen LogP contribution is -2.34. The summed E-state index contributed by atoms with van der Waals surface area (Å²) in [6.45, 7) is 3.08. The molecule has 0 bridgehead atoms. The molecule has 2 aromatic carbocycles. The van der Waals surface area contributed by atoms with Crippen LogP contribution in [0.5, 0.6) is 0 Å². The minimum Gasteiger partial charge on any atom is -0.332 e. The molecule has 0 atom stereocenters. The summed E-state index contributed by atoms with van der Waals surface area (Å²) in [5.41, 5.74) is 3.49. The molecule has 2 rings (SSSR count). The van der Waals surface area contributed by atoms with Crippen LogP contribution in [0.15, 0.2) is 48.5 Å². The minimum absolute atomic E-state index is 0. The van der Waals surface area contributed by atoms with Gasteiger partial charge in [-0.15, -0.1) is 12.4 Å². The molecule has 0 fully saturated rings. The standard InChI is InChI=1S/C24H31N3O2S.ClH/c1-4-18-8-12-20(13-9-18)23(29)26-24(30)25-21-14-10-19(11-15-21)17-22(28)7-5-6-16-27(2)3;/h8-15H,4-7,16-17H2,1-3H3,(H2,25,26,29,30);1H. The number of nitrogens with one attached hydrogen (secondary N) is 2. The molecule has 31 heavy (non-hydrogen) atoms. The molecular weight excluding hydrogens is 430 g/mol. The minimum atomic E-state index is -0.244. The van der Waals surface area contributed by atoms with Crippen LogP contribution in [0.3, 0.4) is 0 Å². The number of carbonyl (C=O) groups is 2. The van der Waals surface area contributed by atoms with Gasteiger partial charge in [0.25, 0.3) is 5.91 Å². The van der Waals surface area contributed by atoms with Crippen molar-refractivity contribution >= 4 is 47.1 Å². The second-order valence-electron chi connectivity index (χ2n) is 7.63. The van der Waals surface area contributed by atoms with Crippen LogP contribution in [0.4, 0.5) is 5.69 Å². The van der Waals surface area contributed by atoms with Gasteiger partial charge in [-0.2, -0.15) is 0 Å². The van der Waals surface area contributed by atoms with Gasteiger partial charge in [-0.05, 0) is 87.5 Å². The largest absolute Gasteiger partial charge is 0.332 e. The maximum atomic E-state index is 12.3. The van der Waals surface area contributed by atoms with E-state index in [1.807, 2.05) is 50.5 Å². The molecule has 2 aromatic rings. The highest BCUT2D eigenvalue weighted by Gasteiger charge is 2.09. The summed E-state index contributed by atoms with van der Waals surface area (Å²) in [4.78, 5) is 26.5. The van der Waals surface area contributed by atoms with E-state index in [-0.39, 0.29) is 29.2 Å². The van der Waals surface area contributed by atoms with Crippen LogP contribution in [0, 0.1) is 0 Å². The number of aryl methyl sites for hydroxylation is 1. The van der Waals surface area contributed by atoms with Crippen molar-refractivity contribution in [1.82, 2.24) is 10.2 Å². The third-order valence-corrected chi connectivity index (χ3v) is 4.98. The predicted octanol–water partition coefficient (Wildman–Crippen LogP) is 4.64. The zero-order valence-corrected chi connectivity index (χ0v) is 20.1. The Morgan fingerprint density at radius 1 is 0.935 bits per heavy atom. The van der Waals surface area contributed by atoms with Crippen molar-refractivity contribution in [3.05, 3.63) is 65.2 Å². The van der Waals surface area contributed by atoms with Crippen molar-refractivity contribution in [3.63, 3.8) is 0 Å². The van der Waals surface area contributed by atoms with Crippen LogP contribution >= 0.6 is 24.6 Å². The van der Waals surface area contributed by atoms with Crippen LogP contribution in [-0.4, -0.2) is 42.3 Å². The first kappa shape index (κ1) is 26.8. The Labute approximate surface area is 197 Å². The molecule has 0 aliphatic heterocycles. The number of halogens is 1. The second-order valence-corrected chi connectivity index (χ2v) is 8.04. The lowest BCUT2D eigenvalue weighted by molar-refractivity contribution is -0.118. The van der Waals surface area contributed by atoms with Gasteiger partial charge in [0.1, 0.15) is 5.78 Å². The number of hydrogen-bond acceptors (Lipinski definition) is 4. The number of unbranched alkanes of at least 4 members (excludes halogenated alkanes) is 1. The van der Waals surface area contributed by atoms with Crippen molar-refractivity contribution < 1.29 is 9.59 Å². The van der Waals surface area contributed by atoms with Gasteiger partial charge in [0.2, 0.25) is 0 Å². The first-order chi connectivity index (χ1) is 14.4. The molecule has 0 saturated carbocycles. The number of amides is 1. The van der Waals surface area contributed by atoms with E-state index in [1.165, 1.54) is 5.56 Å². The normalized spacial score (nSPS) is 10.3. The average molecular weight is 462 g/mol. The summed E-state index contributed by atoms with van der Waals surface area (Å²) in [5, 5.41) is 5.94. The predicted molar refractivity (Wildman–Crippen MR) is 134 cm³/mol. The van der Waals surface area contributed by atoms with Gasteiger partial charge in [0.15, 0.2) is 5.11 Å². The molecular formula is C24H32ClN3O2S. The van der Waals surface area contributed by atoms with E-state index in [9.17, 15) is 9.59 Å². The van der Waals surface area contributed by atoms with Crippen molar-refractivity contribution in [2.24, 2.45) is 0 Å². The Bertz CT molecular complexity index is 852. The zero-order chi connectivity index (χ0) is 21.9. The number of ketones is 1. The van der Waals surface area contributed by atoms with Crippen LogP contribution in [-0.2, 0) is 17.6 Å². The van der Waals surface area contributed by atoms with Crippen LogP contribution in [0.25, 0.3) is 0 Å². The van der Waals surface area contributed by atoms with Crippen LogP contribution in [0.2, 0.25) is 0 Å². The molecule has 0 spiro atoms. The molecule has 0 saturated heterocycles. The van der Waals surface area contributed by atoms with Gasteiger partial charge in [-0.3, -0.25) is 14.9 Å². The Morgan fingerprint density at radius 3 is 2.13 bits per heavy atom. The summed E-state index contributed by atoms with van der Waals surface area (Å²) in [5.74, 6) is 0.0120. The molecule has 168 valence electrons. The molecule has 2 N–H and O–H groups in total. The Hall–Kier alpha value is -2.28. The molecule has 0 aliphatic carbocycles. The fourth-order valence-corrected chi connectivity index (χ4v) is 3.21. The highest BCUT2D eigenvalue weighted by molar-refractivity contribution is 7.80. The topological polar surface area (TPSA) is 61.4 Å². The van der Waals surface area contributed by atoms with Crippen LogP contribution in [0.1, 0.15) is 47.7 Å². The Balaban J connectivity index is 0.00000480. The fourth-order valence-electron chi connectivity index (χ4n) is 3.00. The first-order valence-corrected chi connectivity index (χ1v) is 10.7. The zero-order valence-electron chi connectivity index (χ0n) is 18.4. The van der Waals surface area contributed by atoms with Gasteiger partial charge in [0, 0.05) is 24.1 Å². The van der Waals surface area contributed by atoms with Crippen molar-refractivity contribution in [3.8, 4) is 0 Å². The van der Waals surface area contributed by atoms with E-state index in [1.54, 1.807) is 12.1 Å². The van der Waals surface area contributed by atoms with Crippen molar-refractivity contribution in [2.75, 3.05) is 26.0 Å². The second kappa shape index (κ2) is 13.9. The SMILES string of the molecule is CCc1ccc(C(=O)NC(=S)Nc2ccc(CC(=O)CCCCN(C)C)cc2)cc1.Cl. The summed E-state index contributed by atoms with van der Waals surface area (Å²) in [6.07, 6.45) is 3.94. The molecule has 0 unspecified atom stereocenters. The maximum Gasteiger partial charge on any atom is 0.257 e. The molecule has 1 amide bonds. The number of hydrogen-bond donors (Lipinski definition) is 2. The van der Waals surface area contributed by atoms with Gasteiger partial charge in [-0.25, -0.2) is 0 Å². The number of thiocarbonyl (C=S) groups is 1. The number of Topliss-reactive ketones (excluding diaryl/α,β-unsaturated/α-hetero) is 1. The summed E-state index contributed by atoms with van der Waals surface area (Å²) in [7, 11) is 4.08.